The van der Waals surface area contributed by atoms with Crippen molar-refractivity contribution in [2.45, 2.75) is 0 Å². The Morgan fingerprint density at radius 3 is 2.92 bits per heavy atom. The summed E-state index contributed by atoms with van der Waals surface area (Å²) in [5.41, 5.74) is 0.164. The Balaban J connectivity index is 2.90. The van der Waals surface area contributed by atoms with Crippen LogP contribution >= 0.6 is 33.9 Å². The number of benzene rings is 1. The Kier molecular flexibility index (Phi) is 2.33. The zero-order valence-electron chi connectivity index (χ0n) is 6.38. The van der Waals surface area contributed by atoms with Crippen molar-refractivity contribution < 1.29 is 9.18 Å². The molecule has 0 aliphatic rings. The van der Waals surface area contributed by atoms with E-state index in [2.05, 4.69) is 22.6 Å². The molecule has 4 heteroatoms. The van der Waals surface area contributed by atoms with Gasteiger partial charge in [0.1, 0.15) is 5.82 Å². The van der Waals surface area contributed by atoms with E-state index in [0.717, 1.165) is 7.58 Å². The normalized spacial score (nSPS) is 10.6. The number of hydrogen-bond acceptors (Lipinski definition) is 2. The van der Waals surface area contributed by atoms with Gasteiger partial charge in [0.25, 0.3) is 0 Å². The maximum absolute atomic E-state index is 13.1. The summed E-state index contributed by atoms with van der Waals surface area (Å²) in [5, 5.41) is 0.712. The van der Waals surface area contributed by atoms with Crippen LogP contribution in [0.25, 0.3) is 10.1 Å². The number of carbonyl (C=O) groups excluding carboxylic acids is 1. The van der Waals surface area contributed by atoms with Crippen molar-refractivity contribution in [3.8, 4) is 0 Å². The van der Waals surface area contributed by atoms with Crippen LogP contribution in [0, 0.1) is 8.70 Å². The van der Waals surface area contributed by atoms with Crippen LogP contribution in [0.1, 0.15) is 10.4 Å². The minimum absolute atomic E-state index is 0.164. The van der Waals surface area contributed by atoms with E-state index in [9.17, 15) is 9.18 Å². The smallest absolute Gasteiger partial charge is 0.153 e. The van der Waals surface area contributed by atoms with Crippen molar-refractivity contribution >= 4 is 50.3 Å². The average molecular weight is 306 g/mol. The molecule has 0 spiro atoms. The van der Waals surface area contributed by atoms with Gasteiger partial charge in [0.05, 0.1) is 8.45 Å². The number of hydrogen-bond donors (Lipinski definition) is 0. The molecule has 1 aromatic carbocycles. The van der Waals surface area contributed by atoms with Gasteiger partial charge < -0.3 is 0 Å². The number of fused-ring (bicyclic) bond motifs is 1. The van der Waals surface area contributed by atoms with Crippen molar-refractivity contribution in [1.82, 2.24) is 0 Å². The van der Waals surface area contributed by atoms with E-state index in [0.29, 0.717) is 11.7 Å². The molecule has 0 unspecified atom stereocenters. The molecule has 0 radical (unpaired) electrons. The first-order chi connectivity index (χ1) is 6.22. The van der Waals surface area contributed by atoms with Gasteiger partial charge >= 0.3 is 0 Å². The molecule has 13 heavy (non-hydrogen) atoms. The fourth-order valence-corrected chi connectivity index (χ4v) is 3.02. The van der Waals surface area contributed by atoms with E-state index in [1.54, 1.807) is 17.4 Å². The van der Waals surface area contributed by atoms with E-state index in [-0.39, 0.29) is 5.56 Å². The highest BCUT2D eigenvalue weighted by molar-refractivity contribution is 14.1. The van der Waals surface area contributed by atoms with Crippen molar-refractivity contribution in [1.29, 1.82) is 0 Å². The monoisotopic (exact) mass is 306 g/mol. The summed E-state index contributed by atoms with van der Waals surface area (Å²) in [4.78, 5) is 10.6. The number of halogens is 2. The lowest BCUT2D eigenvalue weighted by molar-refractivity contribution is 0.112. The molecular formula is C9H4FIOS. The van der Waals surface area contributed by atoms with Crippen LogP contribution in [0.5, 0.6) is 0 Å². The van der Waals surface area contributed by atoms with E-state index < -0.39 is 5.82 Å². The molecule has 0 aliphatic heterocycles. The Bertz CT molecular complexity index is 478. The number of rotatable bonds is 1. The third-order valence-electron chi connectivity index (χ3n) is 1.78. The van der Waals surface area contributed by atoms with Crippen LogP contribution in [-0.4, -0.2) is 6.29 Å². The summed E-state index contributed by atoms with van der Waals surface area (Å²) >= 11 is 3.71. The first-order valence-corrected chi connectivity index (χ1v) is 5.44. The largest absolute Gasteiger partial charge is 0.298 e. The molecule has 1 nitrogen and oxygen atoms in total. The topological polar surface area (TPSA) is 17.1 Å². The fraction of sp³-hybridized carbons (Fsp3) is 0. The Labute approximate surface area is 91.7 Å². The Hall–Kier alpha value is -0.490. The highest BCUT2D eigenvalue weighted by atomic mass is 127. The van der Waals surface area contributed by atoms with Crippen LogP contribution in [0.2, 0.25) is 0 Å². The van der Waals surface area contributed by atoms with Gasteiger partial charge in [-0.3, -0.25) is 4.79 Å². The van der Waals surface area contributed by atoms with Gasteiger partial charge in [-0.05, 0) is 40.8 Å². The van der Waals surface area contributed by atoms with Gasteiger partial charge in [-0.25, -0.2) is 4.39 Å². The molecule has 0 fully saturated rings. The number of aldehydes is 1. The predicted molar refractivity (Wildman–Crippen MR) is 59.9 cm³/mol. The van der Waals surface area contributed by atoms with Crippen LogP contribution in [0.3, 0.4) is 0 Å². The standard InChI is InChI=1S/C9H4FIOS/c10-7-1-2-8-5(6(7)4-12)3-9(11)13-8/h1-4H. The molecule has 1 heterocycles. The van der Waals surface area contributed by atoms with E-state index in [4.69, 9.17) is 0 Å². The maximum Gasteiger partial charge on any atom is 0.153 e. The molecule has 0 atom stereocenters. The molecule has 0 amide bonds. The fourth-order valence-electron chi connectivity index (χ4n) is 1.20. The highest BCUT2D eigenvalue weighted by Crippen LogP contribution is 2.29. The van der Waals surface area contributed by atoms with E-state index >= 15 is 0 Å². The van der Waals surface area contributed by atoms with Gasteiger partial charge in [-0.15, -0.1) is 11.3 Å². The lowest BCUT2D eigenvalue weighted by Gasteiger charge is -1.94. The average Bonchev–Trinajstić information content (AvgIpc) is 2.45. The van der Waals surface area contributed by atoms with Crippen LogP contribution in [0.4, 0.5) is 4.39 Å². The van der Waals surface area contributed by atoms with E-state index in [1.807, 2.05) is 6.07 Å². The summed E-state index contributed by atoms with van der Waals surface area (Å²) < 4.78 is 15.1. The SMILES string of the molecule is O=Cc1c(F)ccc2sc(I)cc12. The van der Waals surface area contributed by atoms with Gasteiger partial charge in [-0.2, -0.15) is 0 Å². The summed E-state index contributed by atoms with van der Waals surface area (Å²) in [6, 6.07) is 4.86. The Morgan fingerprint density at radius 1 is 1.46 bits per heavy atom. The van der Waals surface area contributed by atoms with Gasteiger partial charge in [0.2, 0.25) is 0 Å². The number of thiophene rings is 1. The predicted octanol–water partition coefficient (Wildman–Crippen LogP) is 3.46. The van der Waals surface area contributed by atoms with Gasteiger partial charge in [0.15, 0.2) is 6.29 Å². The number of carbonyl (C=O) groups is 1. The minimum Gasteiger partial charge on any atom is -0.298 e. The lowest BCUT2D eigenvalue weighted by Crippen LogP contribution is -1.86. The molecule has 0 saturated carbocycles. The molecule has 2 aromatic rings. The highest BCUT2D eigenvalue weighted by Gasteiger charge is 2.08. The maximum atomic E-state index is 13.1. The Morgan fingerprint density at radius 2 is 2.23 bits per heavy atom. The van der Waals surface area contributed by atoms with Crippen molar-refractivity contribution in [3.05, 3.63) is 32.5 Å². The second-order valence-electron chi connectivity index (χ2n) is 2.54. The molecule has 2 rings (SSSR count). The van der Waals surface area contributed by atoms with Crippen LogP contribution < -0.4 is 0 Å². The molecule has 0 saturated heterocycles. The summed E-state index contributed by atoms with van der Waals surface area (Å²) in [6.45, 7) is 0. The molecule has 66 valence electrons. The van der Waals surface area contributed by atoms with Crippen LogP contribution in [-0.2, 0) is 0 Å². The van der Waals surface area contributed by atoms with Gasteiger partial charge in [0, 0.05) is 10.1 Å². The molecule has 0 aliphatic carbocycles. The summed E-state index contributed by atoms with van der Waals surface area (Å²) in [7, 11) is 0. The zero-order valence-corrected chi connectivity index (χ0v) is 9.36. The lowest BCUT2D eigenvalue weighted by atomic mass is 10.1. The first-order valence-electron chi connectivity index (χ1n) is 3.55. The summed E-state index contributed by atoms with van der Waals surface area (Å²) in [6.07, 6.45) is 0.570. The second-order valence-corrected chi connectivity index (χ2v) is 5.52. The minimum atomic E-state index is -0.448. The zero-order chi connectivity index (χ0) is 9.42. The third-order valence-corrected chi connectivity index (χ3v) is 3.64. The molecular weight excluding hydrogens is 302 g/mol. The summed E-state index contributed by atoms with van der Waals surface area (Å²) in [5.74, 6) is -0.448. The third kappa shape index (κ3) is 1.48. The van der Waals surface area contributed by atoms with Crippen molar-refractivity contribution in [2.75, 3.05) is 0 Å². The molecule has 0 bridgehead atoms. The van der Waals surface area contributed by atoms with Crippen molar-refractivity contribution in [2.24, 2.45) is 0 Å². The quantitative estimate of drug-likeness (QED) is 0.582. The molecule has 0 N–H and O–H groups in total. The van der Waals surface area contributed by atoms with Crippen molar-refractivity contribution in [3.63, 3.8) is 0 Å². The molecule has 1 aromatic heterocycles. The second kappa shape index (κ2) is 3.34. The van der Waals surface area contributed by atoms with Crippen LogP contribution in [0.15, 0.2) is 18.2 Å². The first kappa shape index (κ1) is 9.08. The van der Waals surface area contributed by atoms with Gasteiger partial charge in [-0.1, -0.05) is 0 Å². The van der Waals surface area contributed by atoms with E-state index in [1.165, 1.54) is 6.07 Å².